The van der Waals surface area contributed by atoms with E-state index in [2.05, 4.69) is 36.1 Å². The van der Waals surface area contributed by atoms with Crippen LogP contribution < -0.4 is 10.1 Å². The van der Waals surface area contributed by atoms with Crippen molar-refractivity contribution < 1.29 is 17.9 Å². The molecule has 2 aromatic carbocycles. The van der Waals surface area contributed by atoms with E-state index >= 15 is 0 Å². The molecule has 0 unspecified atom stereocenters. The number of rotatable bonds is 5. The van der Waals surface area contributed by atoms with Crippen LogP contribution in [0, 0.1) is 6.92 Å². The van der Waals surface area contributed by atoms with E-state index in [0.717, 1.165) is 22.5 Å². The van der Waals surface area contributed by atoms with Crippen LogP contribution in [0.3, 0.4) is 0 Å². The number of ether oxygens (including phenoxy) is 1. The summed E-state index contributed by atoms with van der Waals surface area (Å²) in [5, 5.41) is 3.09. The molecule has 0 saturated heterocycles. The van der Waals surface area contributed by atoms with Gasteiger partial charge in [0.2, 0.25) is 5.88 Å². The monoisotopic (exact) mass is 483 g/mol. The summed E-state index contributed by atoms with van der Waals surface area (Å²) in [5.41, 5.74) is 1.75. The number of aryl methyl sites for hydroxylation is 1. The molecule has 0 atom stereocenters. The number of alkyl halides is 3. The first-order chi connectivity index (χ1) is 16.0. The largest absolute Gasteiger partial charge is 0.437 e. The second-order valence-electron chi connectivity index (χ2n) is 8.89. The topological polar surface area (TPSA) is 47.0 Å². The molecule has 0 radical (unpaired) electrons. The summed E-state index contributed by atoms with van der Waals surface area (Å²) in [6, 6.07) is 17.9. The first kappa shape index (κ1) is 23.8. The van der Waals surface area contributed by atoms with E-state index in [4.69, 9.17) is 4.74 Å². The molecule has 0 aliphatic carbocycles. The van der Waals surface area contributed by atoms with Crippen molar-refractivity contribution in [3.05, 3.63) is 83.7 Å². The summed E-state index contributed by atoms with van der Waals surface area (Å²) in [7, 11) is 0. The molecule has 0 spiro atoms. The van der Waals surface area contributed by atoms with Crippen LogP contribution in [0.2, 0.25) is 0 Å². The molecule has 1 N–H and O–H groups in total. The number of thiazole rings is 1. The predicted molar refractivity (Wildman–Crippen MR) is 130 cm³/mol. The van der Waals surface area contributed by atoms with Crippen molar-refractivity contribution in [3.8, 4) is 22.1 Å². The van der Waals surface area contributed by atoms with Gasteiger partial charge in [-0.25, -0.2) is 9.97 Å². The molecule has 0 amide bonds. The molecule has 2 aromatic heterocycles. The van der Waals surface area contributed by atoms with Crippen molar-refractivity contribution in [2.24, 2.45) is 0 Å². The molecule has 0 bridgehead atoms. The van der Waals surface area contributed by atoms with Crippen LogP contribution in [0.15, 0.2) is 66.9 Å². The maximum absolute atomic E-state index is 13.8. The lowest BCUT2D eigenvalue weighted by Crippen LogP contribution is -2.12. The Morgan fingerprint density at radius 3 is 2.29 bits per heavy atom. The van der Waals surface area contributed by atoms with E-state index in [1.54, 1.807) is 42.6 Å². The lowest BCUT2D eigenvalue weighted by molar-refractivity contribution is -0.140. The number of pyridine rings is 1. The predicted octanol–water partition coefficient (Wildman–Crippen LogP) is 8.37. The molecule has 0 aliphatic rings. The Morgan fingerprint density at radius 2 is 1.62 bits per heavy atom. The molecule has 176 valence electrons. The number of nitrogens with zero attached hydrogens (tertiary/aromatic N) is 2. The molecule has 4 rings (SSSR count). The van der Waals surface area contributed by atoms with Crippen LogP contribution in [0.5, 0.6) is 11.6 Å². The highest BCUT2D eigenvalue weighted by Gasteiger charge is 2.38. The maximum Gasteiger partial charge on any atom is 0.434 e. The minimum atomic E-state index is -4.59. The molecule has 0 saturated carbocycles. The van der Waals surface area contributed by atoms with Gasteiger partial charge in [-0.2, -0.15) is 13.2 Å². The molecule has 4 aromatic rings. The molecule has 34 heavy (non-hydrogen) atoms. The average molecular weight is 484 g/mol. The van der Waals surface area contributed by atoms with Crippen molar-refractivity contribution in [2.75, 3.05) is 5.32 Å². The molecule has 8 heteroatoms. The average Bonchev–Trinajstić information content (AvgIpc) is 3.20. The van der Waals surface area contributed by atoms with Gasteiger partial charge in [-0.1, -0.05) is 80.1 Å². The van der Waals surface area contributed by atoms with Crippen molar-refractivity contribution >= 4 is 22.2 Å². The number of aromatic nitrogens is 2. The van der Waals surface area contributed by atoms with Crippen molar-refractivity contribution in [3.63, 3.8) is 0 Å². The molecular weight excluding hydrogens is 459 g/mol. The third kappa shape index (κ3) is 5.22. The second kappa shape index (κ2) is 9.10. The van der Waals surface area contributed by atoms with E-state index in [9.17, 15) is 13.2 Å². The highest BCUT2D eigenvalue weighted by Crippen LogP contribution is 2.43. The Hall–Kier alpha value is -3.39. The van der Waals surface area contributed by atoms with Crippen molar-refractivity contribution in [2.45, 2.75) is 39.3 Å². The Morgan fingerprint density at radius 1 is 0.912 bits per heavy atom. The number of hydrogen-bond donors (Lipinski definition) is 1. The van der Waals surface area contributed by atoms with Gasteiger partial charge in [0.25, 0.3) is 0 Å². The maximum atomic E-state index is 13.8. The summed E-state index contributed by atoms with van der Waals surface area (Å²) >= 11 is 0.937. The van der Waals surface area contributed by atoms with Crippen molar-refractivity contribution in [1.29, 1.82) is 0 Å². The normalized spacial score (nSPS) is 12.0. The SMILES string of the molecule is Cc1ccc(-c2sc(Nc3cccnc3Oc3ccccc3C(C)(C)C)nc2C(F)(F)F)cc1. The highest BCUT2D eigenvalue weighted by molar-refractivity contribution is 7.19. The number of para-hydroxylation sites is 1. The molecule has 0 fully saturated rings. The van der Waals surface area contributed by atoms with Gasteiger partial charge < -0.3 is 10.1 Å². The van der Waals surface area contributed by atoms with Gasteiger partial charge in [-0.15, -0.1) is 0 Å². The third-order valence-electron chi connectivity index (χ3n) is 5.12. The highest BCUT2D eigenvalue weighted by atomic mass is 32.1. The molecule has 2 heterocycles. The zero-order valence-corrected chi connectivity index (χ0v) is 20.0. The van der Waals surface area contributed by atoms with Crippen LogP contribution >= 0.6 is 11.3 Å². The smallest absolute Gasteiger partial charge is 0.434 e. The second-order valence-corrected chi connectivity index (χ2v) is 9.89. The minimum absolute atomic E-state index is 0.0550. The van der Waals surface area contributed by atoms with E-state index in [0.29, 0.717) is 17.0 Å². The van der Waals surface area contributed by atoms with E-state index in [1.807, 2.05) is 31.2 Å². The molecule has 4 nitrogen and oxygen atoms in total. The van der Waals surface area contributed by atoms with Gasteiger partial charge in [-0.3, -0.25) is 0 Å². The fourth-order valence-corrected chi connectivity index (χ4v) is 4.43. The summed E-state index contributed by atoms with van der Waals surface area (Å²) in [5.74, 6) is 0.882. The summed E-state index contributed by atoms with van der Waals surface area (Å²) in [6.45, 7) is 8.12. The first-order valence-electron chi connectivity index (χ1n) is 10.7. The zero-order valence-electron chi connectivity index (χ0n) is 19.2. The lowest BCUT2D eigenvalue weighted by atomic mass is 9.86. The van der Waals surface area contributed by atoms with Crippen LogP contribution in [0.25, 0.3) is 10.4 Å². The summed E-state index contributed by atoms with van der Waals surface area (Å²) < 4.78 is 47.4. The Bertz CT molecular complexity index is 1290. The fraction of sp³-hybridized carbons (Fsp3) is 0.231. The third-order valence-corrected chi connectivity index (χ3v) is 6.14. The Kier molecular flexibility index (Phi) is 6.36. The number of hydrogen-bond acceptors (Lipinski definition) is 5. The number of anilines is 2. The molecular formula is C26H24F3N3OS. The zero-order chi connectivity index (χ0) is 24.5. The number of benzene rings is 2. The van der Waals surface area contributed by atoms with Gasteiger partial charge in [-0.05, 0) is 36.1 Å². The molecule has 0 aliphatic heterocycles. The van der Waals surface area contributed by atoms with E-state index < -0.39 is 11.9 Å². The quantitative estimate of drug-likeness (QED) is 0.310. The number of halogens is 3. The Balaban J connectivity index is 1.70. The van der Waals surface area contributed by atoms with Crippen LogP contribution in [-0.2, 0) is 11.6 Å². The lowest BCUT2D eigenvalue weighted by Gasteiger charge is -2.22. The van der Waals surface area contributed by atoms with Gasteiger partial charge in [0.05, 0.1) is 4.88 Å². The summed E-state index contributed by atoms with van der Waals surface area (Å²) in [4.78, 5) is 8.24. The van der Waals surface area contributed by atoms with Crippen LogP contribution in [-0.4, -0.2) is 9.97 Å². The van der Waals surface area contributed by atoms with E-state index in [1.165, 1.54) is 0 Å². The minimum Gasteiger partial charge on any atom is -0.437 e. The van der Waals surface area contributed by atoms with E-state index in [-0.39, 0.29) is 21.3 Å². The standard InChI is InChI=1S/C26H24F3N3OS/c1-16-11-13-17(14-12-16)21-22(26(27,28)29)32-24(34-21)31-19-9-7-15-30-23(19)33-20-10-6-5-8-18(20)25(2,3)4/h5-15H,1-4H3,(H,31,32). The van der Waals surface area contributed by atoms with Crippen molar-refractivity contribution in [1.82, 2.24) is 9.97 Å². The van der Waals surface area contributed by atoms with Gasteiger partial charge in [0, 0.05) is 11.8 Å². The fourth-order valence-electron chi connectivity index (χ4n) is 3.43. The van der Waals surface area contributed by atoms with Gasteiger partial charge >= 0.3 is 6.18 Å². The van der Waals surface area contributed by atoms with Crippen LogP contribution in [0.4, 0.5) is 24.0 Å². The van der Waals surface area contributed by atoms with Crippen LogP contribution in [0.1, 0.15) is 37.6 Å². The number of nitrogens with one attached hydrogen (secondary N) is 1. The summed E-state index contributed by atoms with van der Waals surface area (Å²) in [6.07, 6.45) is -3.02. The van der Waals surface area contributed by atoms with Gasteiger partial charge in [0.1, 0.15) is 11.4 Å². The van der Waals surface area contributed by atoms with Gasteiger partial charge in [0.15, 0.2) is 10.8 Å². The first-order valence-corrected chi connectivity index (χ1v) is 11.5. The Labute approximate surface area is 200 Å².